The molecular formula is C13H16BrN3O2S. The van der Waals surface area contributed by atoms with Crippen LogP contribution in [0.15, 0.2) is 28.3 Å². The standard InChI is InChI=1S/C13H16BrN3O2S/c1-3-19-13(18)9-6-16-17(7-9)12(8(2)15)10-4-5-11(14)20-10/h4-8,12H,3,15H2,1-2H3. The van der Waals surface area contributed by atoms with Gasteiger partial charge in [0.25, 0.3) is 0 Å². The monoisotopic (exact) mass is 357 g/mol. The van der Waals surface area contributed by atoms with Crippen molar-refractivity contribution in [1.29, 1.82) is 0 Å². The summed E-state index contributed by atoms with van der Waals surface area (Å²) in [5, 5.41) is 4.25. The lowest BCUT2D eigenvalue weighted by Gasteiger charge is -2.19. The van der Waals surface area contributed by atoms with Gasteiger partial charge in [-0.2, -0.15) is 5.10 Å². The molecule has 2 rings (SSSR count). The van der Waals surface area contributed by atoms with Crippen LogP contribution in [0.1, 0.15) is 35.1 Å². The summed E-state index contributed by atoms with van der Waals surface area (Å²) in [7, 11) is 0. The minimum Gasteiger partial charge on any atom is -0.462 e. The van der Waals surface area contributed by atoms with Crippen LogP contribution in [0.25, 0.3) is 0 Å². The van der Waals surface area contributed by atoms with E-state index in [1.165, 1.54) is 6.20 Å². The predicted octanol–water partition coefficient (Wildman–Crippen LogP) is 2.82. The SMILES string of the molecule is CCOC(=O)c1cnn(C(c2ccc(Br)s2)C(C)N)c1. The second kappa shape index (κ2) is 6.51. The lowest BCUT2D eigenvalue weighted by molar-refractivity contribution is 0.0526. The number of ether oxygens (including phenoxy) is 1. The van der Waals surface area contributed by atoms with Crippen molar-refractivity contribution >= 4 is 33.2 Å². The van der Waals surface area contributed by atoms with Gasteiger partial charge < -0.3 is 10.5 Å². The van der Waals surface area contributed by atoms with Crippen molar-refractivity contribution in [1.82, 2.24) is 9.78 Å². The van der Waals surface area contributed by atoms with E-state index in [0.29, 0.717) is 12.2 Å². The molecule has 5 nitrogen and oxygen atoms in total. The molecule has 0 aliphatic heterocycles. The smallest absolute Gasteiger partial charge is 0.341 e. The van der Waals surface area contributed by atoms with Gasteiger partial charge in [0.15, 0.2) is 0 Å². The van der Waals surface area contributed by atoms with Crippen LogP contribution in [0.5, 0.6) is 0 Å². The molecule has 0 aromatic carbocycles. The van der Waals surface area contributed by atoms with Gasteiger partial charge in [0, 0.05) is 17.1 Å². The summed E-state index contributed by atoms with van der Waals surface area (Å²) in [6, 6.07) is 3.75. The van der Waals surface area contributed by atoms with E-state index < -0.39 is 0 Å². The third-order valence-electron chi connectivity index (χ3n) is 2.78. The molecule has 7 heteroatoms. The first-order valence-electron chi connectivity index (χ1n) is 6.25. The summed E-state index contributed by atoms with van der Waals surface area (Å²) in [5.41, 5.74) is 6.51. The zero-order valence-electron chi connectivity index (χ0n) is 11.2. The van der Waals surface area contributed by atoms with Crippen LogP contribution in [0.3, 0.4) is 0 Å². The number of hydrogen-bond donors (Lipinski definition) is 1. The molecular weight excluding hydrogens is 342 g/mol. The van der Waals surface area contributed by atoms with E-state index in [9.17, 15) is 4.79 Å². The number of esters is 1. The summed E-state index contributed by atoms with van der Waals surface area (Å²) in [6.07, 6.45) is 3.19. The number of hydrogen-bond acceptors (Lipinski definition) is 5. The molecule has 0 saturated heterocycles. The fourth-order valence-corrected chi connectivity index (χ4v) is 3.56. The van der Waals surface area contributed by atoms with E-state index in [1.807, 2.05) is 19.1 Å². The van der Waals surface area contributed by atoms with Crippen LogP contribution in [0.4, 0.5) is 0 Å². The van der Waals surface area contributed by atoms with Gasteiger partial charge in [-0.05, 0) is 41.9 Å². The van der Waals surface area contributed by atoms with E-state index in [4.69, 9.17) is 10.5 Å². The Morgan fingerprint density at radius 3 is 2.90 bits per heavy atom. The molecule has 2 heterocycles. The van der Waals surface area contributed by atoms with Crippen molar-refractivity contribution in [2.24, 2.45) is 5.73 Å². The van der Waals surface area contributed by atoms with Crippen molar-refractivity contribution in [2.45, 2.75) is 25.9 Å². The lowest BCUT2D eigenvalue weighted by Crippen LogP contribution is -2.30. The normalized spacial score (nSPS) is 14.0. The molecule has 0 radical (unpaired) electrons. The molecule has 2 N–H and O–H groups in total. The fourth-order valence-electron chi connectivity index (χ4n) is 1.93. The van der Waals surface area contributed by atoms with Crippen LogP contribution < -0.4 is 5.73 Å². The molecule has 2 aromatic rings. The van der Waals surface area contributed by atoms with Crippen LogP contribution in [0.2, 0.25) is 0 Å². The lowest BCUT2D eigenvalue weighted by atomic mass is 10.1. The van der Waals surface area contributed by atoms with E-state index in [2.05, 4.69) is 21.0 Å². The molecule has 0 fully saturated rings. The number of rotatable bonds is 5. The molecule has 0 bridgehead atoms. The Morgan fingerprint density at radius 2 is 2.35 bits per heavy atom. The van der Waals surface area contributed by atoms with Crippen LogP contribution in [0, 0.1) is 0 Å². The first kappa shape index (κ1) is 15.2. The highest BCUT2D eigenvalue weighted by Crippen LogP contribution is 2.31. The first-order chi connectivity index (χ1) is 9.52. The van der Waals surface area contributed by atoms with E-state index in [-0.39, 0.29) is 18.1 Å². The summed E-state index contributed by atoms with van der Waals surface area (Å²) in [4.78, 5) is 12.8. The van der Waals surface area contributed by atoms with E-state index in [1.54, 1.807) is 29.1 Å². The van der Waals surface area contributed by atoms with E-state index in [0.717, 1.165) is 8.66 Å². The first-order valence-corrected chi connectivity index (χ1v) is 7.86. The highest BCUT2D eigenvalue weighted by molar-refractivity contribution is 9.11. The highest BCUT2D eigenvalue weighted by atomic mass is 79.9. The Labute approximate surface area is 129 Å². The molecule has 0 saturated carbocycles. The molecule has 108 valence electrons. The summed E-state index contributed by atoms with van der Waals surface area (Å²) in [6.45, 7) is 4.04. The van der Waals surface area contributed by atoms with Crippen molar-refractivity contribution in [3.05, 3.63) is 38.8 Å². The summed E-state index contributed by atoms with van der Waals surface area (Å²) < 4.78 is 7.72. The van der Waals surface area contributed by atoms with Gasteiger partial charge in [-0.15, -0.1) is 11.3 Å². The third kappa shape index (κ3) is 3.28. The Balaban J connectivity index is 2.29. The zero-order chi connectivity index (χ0) is 14.7. The molecule has 0 spiro atoms. The molecule has 0 aliphatic carbocycles. The number of thiophene rings is 1. The average Bonchev–Trinajstić information content (AvgIpc) is 3.00. The van der Waals surface area contributed by atoms with Gasteiger partial charge in [0.1, 0.15) is 6.04 Å². The third-order valence-corrected chi connectivity index (χ3v) is 4.48. The Bertz CT molecular complexity index is 594. The number of carbonyl (C=O) groups excluding carboxylic acids is 1. The minimum absolute atomic E-state index is 0.102. The van der Waals surface area contributed by atoms with Gasteiger partial charge in [-0.25, -0.2) is 4.79 Å². The summed E-state index contributed by atoms with van der Waals surface area (Å²) in [5.74, 6) is -0.366. The molecule has 2 aromatic heterocycles. The molecule has 20 heavy (non-hydrogen) atoms. The fraction of sp³-hybridized carbons (Fsp3) is 0.385. The molecule has 2 unspecified atom stereocenters. The Hall–Kier alpha value is -1.18. The van der Waals surface area contributed by atoms with Crippen LogP contribution in [-0.4, -0.2) is 28.4 Å². The van der Waals surface area contributed by atoms with Gasteiger partial charge in [0.05, 0.1) is 22.2 Å². The van der Waals surface area contributed by atoms with Crippen LogP contribution >= 0.6 is 27.3 Å². The maximum atomic E-state index is 11.7. The number of carbonyl (C=O) groups is 1. The quantitative estimate of drug-likeness (QED) is 0.835. The Morgan fingerprint density at radius 1 is 1.60 bits per heavy atom. The van der Waals surface area contributed by atoms with Crippen molar-refractivity contribution in [3.8, 4) is 0 Å². The maximum Gasteiger partial charge on any atom is 0.341 e. The average molecular weight is 358 g/mol. The molecule has 2 atom stereocenters. The number of aromatic nitrogens is 2. The van der Waals surface area contributed by atoms with E-state index >= 15 is 0 Å². The topological polar surface area (TPSA) is 70.1 Å². The highest BCUT2D eigenvalue weighted by Gasteiger charge is 2.22. The van der Waals surface area contributed by atoms with Gasteiger partial charge in [0.2, 0.25) is 0 Å². The zero-order valence-corrected chi connectivity index (χ0v) is 13.6. The second-order valence-electron chi connectivity index (χ2n) is 4.38. The van der Waals surface area contributed by atoms with Crippen molar-refractivity contribution in [2.75, 3.05) is 6.61 Å². The molecule has 0 aliphatic rings. The Kier molecular flexibility index (Phi) is 4.95. The minimum atomic E-state index is -0.366. The largest absolute Gasteiger partial charge is 0.462 e. The van der Waals surface area contributed by atoms with Crippen LogP contribution in [-0.2, 0) is 4.74 Å². The van der Waals surface area contributed by atoms with Crippen molar-refractivity contribution in [3.63, 3.8) is 0 Å². The predicted molar refractivity (Wildman–Crippen MR) is 82.0 cm³/mol. The molecule has 0 amide bonds. The van der Waals surface area contributed by atoms with Gasteiger partial charge >= 0.3 is 5.97 Å². The summed E-state index contributed by atoms with van der Waals surface area (Å²) >= 11 is 5.05. The number of nitrogens with two attached hydrogens (primary N) is 1. The van der Waals surface area contributed by atoms with Gasteiger partial charge in [-0.1, -0.05) is 0 Å². The van der Waals surface area contributed by atoms with Gasteiger partial charge in [-0.3, -0.25) is 4.68 Å². The number of halogens is 1. The number of nitrogens with zero attached hydrogens (tertiary/aromatic N) is 2. The maximum absolute atomic E-state index is 11.7. The second-order valence-corrected chi connectivity index (χ2v) is 6.87. The van der Waals surface area contributed by atoms with Crippen molar-refractivity contribution < 1.29 is 9.53 Å².